The van der Waals surface area contributed by atoms with Crippen molar-refractivity contribution in [1.82, 2.24) is 5.32 Å². The zero-order valence-corrected chi connectivity index (χ0v) is 19.0. The maximum Gasteiger partial charge on any atom is 0.323 e. The monoisotopic (exact) mass is 422 g/mol. The second kappa shape index (κ2) is 10.3. The minimum absolute atomic E-state index is 0.107. The summed E-state index contributed by atoms with van der Waals surface area (Å²) >= 11 is 0. The van der Waals surface area contributed by atoms with E-state index in [2.05, 4.69) is 48.5 Å². The van der Waals surface area contributed by atoms with Crippen LogP contribution in [0.25, 0.3) is 0 Å². The quantitative estimate of drug-likeness (QED) is 0.556. The van der Waals surface area contributed by atoms with Gasteiger partial charge >= 0.3 is 6.03 Å². The van der Waals surface area contributed by atoms with E-state index in [-0.39, 0.29) is 11.9 Å². The molecule has 0 radical (unpaired) electrons. The Bertz CT molecular complexity index is 900. The van der Waals surface area contributed by atoms with Gasteiger partial charge in [-0.15, -0.1) is 0 Å². The summed E-state index contributed by atoms with van der Waals surface area (Å²) in [6, 6.07) is 13.1. The number of hydrogen-bond acceptors (Lipinski definition) is 3. The first-order valence-electron chi connectivity index (χ1n) is 11.2. The fourth-order valence-corrected chi connectivity index (χ4v) is 3.67. The molecule has 166 valence electrons. The first-order valence-corrected chi connectivity index (χ1v) is 11.2. The normalized spacial score (nSPS) is 13.5. The fraction of sp³-hybridized carbons (Fsp3) is 0.440. The van der Waals surface area contributed by atoms with Crippen LogP contribution in [0, 0.1) is 5.92 Å². The standard InChI is InChI=1S/C25H34N4O2/c1-17(2)16-26-24(30)22-15-21(11-12-23(22)29-13-5-6-14-29)28-25(31)27-20-9-7-19(8-10-20)18(3)4/h7-12,15,17-18H,5-6,13-14,16H2,1-4H3,(H,26,30)(H2,27,28,31). The molecular formula is C25H34N4O2. The molecular weight excluding hydrogens is 388 g/mol. The van der Waals surface area contributed by atoms with E-state index in [1.807, 2.05) is 36.4 Å². The lowest BCUT2D eigenvalue weighted by Gasteiger charge is -2.22. The van der Waals surface area contributed by atoms with E-state index in [0.717, 1.165) is 37.3 Å². The van der Waals surface area contributed by atoms with Gasteiger partial charge in [-0.3, -0.25) is 4.79 Å². The molecule has 6 heteroatoms. The molecule has 31 heavy (non-hydrogen) atoms. The first kappa shape index (κ1) is 22.7. The first-order chi connectivity index (χ1) is 14.8. The molecule has 0 aliphatic carbocycles. The molecule has 1 heterocycles. The Morgan fingerprint density at radius 3 is 2.13 bits per heavy atom. The number of benzene rings is 2. The second-order valence-electron chi connectivity index (χ2n) is 8.89. The van der Waals surface area contributed by atoms with Crippen molar-refractivity contribution in [3.63, 3.8) is 0 Å². The highest BCUT2D eigenvalue weighted by atomic mass is 16.2. The van der Waals surface area contributed by atoms with Crippen molar-refractivity contribution in [2.75, 3.05) is 35.2 Å². The van der Waals surface area contributed by atoms with Gasteiger partial charge in [-0.05, 0) is 60.6 Å². The van der Waals surface area contributed by atoms with Gasteiger partial charge in [-0.25, -0.2) is 4.79 Å². The second-order valence-corrected chi connectivity index (χ2v) is 8.89. The molecule has 2 aromatic rings. The lowest BCUT2D eigenvalue weighted by molar-refractivity contribution is 0.0949. The highest BCUT2D eigenvalue weighted by Gasteiger charge is 2.20. The van der Waals surface area contributed by atoms with Crippen molar-refractivity contribution in [3.05, 3.63) is 53.6 Å². The van der Waals surface area contributed by atoms with Gasteiger partial charge in [0.25, 0.3) is 5.91 Å². The van der Waals surface area contributed by atoms with Gasteiger partial charge in [0.15, 0.2) is 0 Å². The minimum Gasteiger partial charge on any atom is -0.371 e. The molecule has 0 unspecified atom stereocenters. The van der Waals surface area contributed by atoms with Gasteiger partial charge in [0.05, 0.1) is 5.56 Å². The number of nitrogens with zero attached hydrogens (tertiary/aromatic N) is 1. The number of carbonyl (C=O) groups excluding carboxylic acids is 2. The number of hydrogen-bond donors (Lipinski definition) is 3. The average Bonchev–Trinajstić information content (AvgIpc) is 3.27. The van der Waals surface area contributed by atoms with Crippen LogP contribution in [0.4, 0.5) is 21.9 Å². The summed E-state index contributed by atoms with van der Waals surface area (Å²) in [4.78, 5) is 27.6. The smallest absolute Gasteiger partial charge is 0.323 e. The molecule has 0 bridgehead atoms. The van der Waals surface area contributed by atoms with Crippen LogP contribution >= 0.6 is 0 Å². The summed E-state index contributed by atoms with van der Waals surface area (Å²) in [5.74, 6) is 0.703. The Balaban J connectivity index is 1.73. The van der Waals surface area contributed by atoms with E-state index in [1.54, 1.807) is 6.07 Å². The Kier molecular flexibility index (Phi) is 7.55. The maximum absolute atomic E-state index is 12.9. The maximum atomic E-state index is 12.9. The van der Waals surface area contributed by atoms with Crippen molar-refractivity contribution in [2.24, 2.45) is 5.92 Å². The zero-order valence-electron chi connectivity index (χ0n) is 19.0. The van der Waals surface area contributed by atoms with Crippen LogP contribution in [-0.2, 0) is 0 Å². The zero-order chi connectivity index (χ0) is 22.4. The van der Waals surface area contributed by atoms with Crippen LogP contribution in [0.5, 0.6) is 0 Å². The summed E-state index contributed by atoms with van der Waals surface area (Å²) in [6.45, 7) is 10.9. The van der Waals surface area contributed by atoms with Gasteiger partial charge in [-0.1, -0.05) is 39.8 Å². The molecule has 1 aliphatic heterocycles. The molecule has 0 spiro atoms. The predicted molar refractivity (Wildman–Crippen MR) is 128 cm³/mol. The molecule has 3 rings (SSSR count). The van der Waals surface area contributed by atoms with Gasteiger partial charge in [-0.2, -0.15) is 0 Å². The Labute approximate surface area is 185 Å². The molecule has 1 saturated heterocycles. The van der Waals surface area contributed by atoms with E-state index in [0.29, 0.717) is 29.6 Å². The van der Waals surface area contributed by atoms with Crippen molar-refractivity contribution in [3.8, 4) is 0 Å². The number of anilines is 3. The number of amides is 3. The average molecular weight is 423 g/mol. The van der Waals surface area contributed by atoms with Gasteiger partial charge in [0, 0.05) is 36.7 Å². The lowest BCUT2D eigenvalue weighted by Crippen LogP contribution is -2.30. The summed E-state index contributed by atoms with van der Waals surface area (Å²) in [7, 11) is 0. The Hall–Kier alpha value is -3.02. The molecule has 0 aromatic heterocycles. The predicted octanol–water partition coefficient (Wildman–Crippen LogP) is 5.44. The van der Waals surface area contributed by atoms with Crippen molar-refractivity contribution in [1.29, 1.82) is 0 Å². The van der Waals surface area contributed by atoms with Crippen LogP contribution < -0.4 is 20.9 Å². The summed E-state index contributed by atoms with van der Waals surface area (Å²) < 4.78 is 0. The summed E-state index contributed by atoms with van der Waals surface area (Å²) in [5.41, 5.74) is 4.07. The molecule has 0 atom stereocenters. The molecule has 3 amide bonds. The van der Waals surface area contributed by atoms with Crippen molar-refractivity contribution < 1.29 is 9.59 Å². The fourth-order valence-electron chi connectivity index (χ4n) is 3.67. The van der Waals surface area contributed by atoms with Gasteiger partial charge < -0.3 is 20.9 Å². The Morgan fingerprint density at radius 1 is 0.903 bits per heavy atom. The molecule has 6 nitrogen and oxygen atoms in total. The lowest BCUT2D eigenvalue weighted by atomic mass is 10.0. The molecule has 1 fully saturated rings. The van der Waals surface area contributed by atoms with E-state index in [1.165, 1.54) is 5.56 Å². The third-order valence-corrected chi connectivity index (χ3v) is 5.45. The summed E-state index contributed by atoms with van der Waals surface area (Å²) in [5, 5.41) is 8.71. The highest BCUT2D eigenvalue weighted by Crippen LogP contribution is 2.28. The largest absolute Gasteiger partial charge is 0.371 e. The van der Waals surface area contributed by atoms with Crippen LogP contribution in [0.3, 0.4) is 0 Å². The SMILES string of the molecule is CC(C)CNC(=O)c1cc(NC(=O)Nc2ccc(C(C)C)cc2)ccc1N1CCCC1. The van der Waals surface area contributed by atoms with Crippen LogP contribution in [0.2, 0.25) is 0 Å². The highest BCUT2D eigenvalue weighted by molar-refractivity contribution is 6.04. The van der Waals surface area contributed by atoms with Crippen molar-refractivity contribution in [2.45, 2.75) is 46.5 Å². The minimum atomic E-state index is -0.334. The molecule has 3 N–H and O–H groups in total. The number of urea groups is 1. The van der Waals surface area contributed by atoms with Crippen LogP contribution in [0.1, 0.15) is 62.4 Å². The van der Waals surface area contributed by atoms with E-state index in [9.17, 15) is 9.59 Å². The molecule has 1 aliphatic rings. The Morgan fingerprint density at radius 2 is 1.52 bits per heavy atom. The van der Waals surface area contributed by atoms with E-state index >= 15 is 0 Å². The van der Waals surface area contributed by atoms with Gasteiger partial charge in [0.2, 0.25) is 0 Å². The van der Waals surface area contributed by atoms with Crippen molar-refractivity contribution >= 4 is 29.0 Å². The number of rotatable bonds is 7. The third kappa shape index (κ3) is 6.23. The van der Waals surface area contributed by atoms with E-state index < -0.39 is 0 Å². The molecule has 0 saturated carbocycles. The van der Waals surface area contributed by atoms with Crippen LogP contribution in [0.15, 0.2) is 42.5 Å². The van der Waals surface area contributed by atoms with E-state index in [4.69, 9.17) is 0 Å². The summed E-state index contributed by atoms with van der Waals surface area (Å²) in [6.07, 6.45) is 2.26. The topological polar surface area (TPSA) is 73.5 Å². The molecule has 2 aromatic carbocycles. The third-order valence-electron chi connectivity index (χ3n) is 5.45. The number of nitrogens with one attached hydrogen (secondary N) is 3. The number of carbonyl (C=O) groups is 2. The van der Waals surface area contributed by atoms with Gasteiger partial charge in [0.1, 0.15) is 0 Å². The van der Waals surface area contributed by atoms with Crippen LogP contribution in [-0.4, -0.2) is 31.6 Å².